The number of hydrogen-bond donors (Lipinski definition) is 0. The lowest BCUT2D eigenvalue weighted by Crippen LogP contribution is -2.41. The van der Waals surface area contributed by atoms with Crippen LogP contribution in [0, 0.1) is 6.92 Å². The van der Waals surface area contributed by atoms with Crippen LogP contribution in [0.1, 0.15) is 29.3 Å². The van der Waals surface area contributed by atoms with Gasteiger partial charge in [0.25, 0.3) is 5.91 Å². The Hall–Kier alpha value is -1.43. The summed E-state index contributed by atoms with van der Waals surface area (Å²) in [4.78, 5) is 31.1. The van der Waals surface area contributed by atoms with Gasteiger partial charge >= 0.3 is 0 Å². The van der Waals surface area contributed by atoms with Crippen LogP contribution >= 0.6 is 11.3 Å². The van der Waals surface area contributed by atoms with Crippen LogP contribution in [0.15, 0.2) is 5.38 Å². The molecule has 0 bridgehead atoms. The number of likely N-dealkylation sites (N-methyl/N-ethyl adjacent to an activating group) is 2. The Kier molecular flexibility index (Phi) is 5.27. The predicted octanol–water partition coefficient (Wildman–Crippen LogP) is 1.39. The molecule has 0 saturated carbocycles. The second-order valence-electron chi connectivity index (χ2n) is 3.98. The molecule has 0 atom stereocenters. The summed E-state index contributed by atoms with van der Waals surface area (Å²) >= 11 is 1.43. The first-order valence-electron chi connectivity index (χ1n) is 5.94. The lowest BCUT2D eigenvalue weighted by Gasteiger charge is -2.22. The Morgan fingerprint density at radius 3 is 2.39 bits per heavy atom. The molecule has 5 nitrogen and oxygen atoms in total. The molecule has 6 heteroatoms. The highest BCUT2D eigenvalue weighted by atomic mass is 32.1. The number of amides is 2. The van der Waals surface area contributed by atoms with Crippen molar-refractivity contribution in [1.29, 1.82) is 0 Å². The van der Waals surface area contributed by atoms with E-state index in [9.17, 15) is 9.59 Å². The molecule has 100 valence electrons. The van der Waals surface area contributed by atoms with Gasteiger partial charge in [-0.15, -0.1) is 11.3 Å². The van der Waals surface area contributed by atoms with Gasteiger partial charge < -0.3 is 9.80 Å². The molecule has 0 fully saturated rings. The van der Waals surface area contributed by atoms with Gasteiger partial charge in [0.2, 0.25) is 5.91 Å². The van der Waals surface area contributed by atoms with Gasteiger partial charge in [-0.1, -0.05) is 0 Å². The smallest absolute Gasteiger partial charge is 0.273 e. The fourth-order valence-electron chi connectivity index (χ4n) is 1.61. The average Bonchev–Trinajstić information content (AvgIpc) is 2.76. The van der Waals surface area contributed by atoms with E-state index in [-0.39, 0.29) is 18.4 Å². The van der Waals surface area contributed by atoms with Crippen LogP contribution in [0.3, 0.4) is 0 Å². The summed E-state index contributed by atoms with van der Waals surface area (Å²) < 4.78 is 0. The van der Waals surface area contributed by atoms with Crippen LogP contribution in [0.5, 0.6) is 0 Å². The van der Waals surface area contributed by atoms with E-state index < -0.39 is 0 Å². The Bertz CT molecular complexity index is 427. The molecule has 0 unspecified atom stereocenters. The van der Waals surface area contributed by atoms with E-state index in [2.05, 4.69) is 4.98 Å². The molecule has 2 amide bonds. The molecule has 18 heavy (non-hydrogen) atoms. The number of thiazole rings is 1. The van der Waals surface area contributed by atoms with E-state index in [1.54, 1.807) is 17.3 Å². The van der Waals surface area contributed by atoms with Crippen molar-refractivity contribution in [1.82, 2.24) is 14.8 Å². The first-order valence-corrected chi connectivity index (χ1v) is 6.82. The van der Waals surface area contributed by atoms with Crippen LogP contribution in [-0.2, 0) is 4.79 Å². The SMILES string of the molecule is CCN(CC)C(=O)CN(C)C(=O)c1csc(C)n1. The largest absolute Gasteiger partial charge is 0.342 e. The quantitative estimate of drug-likeness (QED) is 0.811. The van der Waals surface area contributed by atoms with Gasteiger partial charge in [0.15, 0.2) is 0 Å². The summed E-state index contributed by atoms with van der Waals surface area (Å²) in [5.41, 5.74) is 0.410. The number of carbonyl (C=O) groups is 2. The molecule has 1 rings (SSSR count). The normalized spacial score (nSPS) is 10.2. The van der Waals surface area contributed by atoms with E-state index >= 15 is 0 Å². The summed E-state index contributed by atoms with van der Waals surface area (Å²) in [6.07, 6.45) is 0. The van der Waals surface area contributed by atoms with Crippen molar-refractivity contribution in [2.24, 2.45) is 0 Å². The minimum Gasteiger partial charge on any atom is -0.342 e. The fourth-order valence-corrected chi connectivity index (χ4v) is 2.19. The van der Waals surface area contributed by atoms with Crippen LogP contribution < -0.4 is 0 Å². The standard InChI is InChI=1S/C12H19N3O2S/c1-5-15(6-2)11(16)7-14(4)12(17)10-8-18-9(3)13-10/h8H,5-7H2,1-4H3. The molecule has 0 saturated heterocycles. The predicted molar refractivity (Wildman–Crippen MR) is 71.7 cm³/mol. The molecule has 0 spiro atoms. The van der Waals surface area contributed by atoms with Crippen molar-refractivity contribution < 1.29 is 9.59 Å². The van der Waals surface area contributed by atoms with E-state index in [4.69, 9.17) is 0 Å². The second-order valence-corrected chi connectivity index (χ2v) is 5.04. The summed E-state index contributed by atoms with van der Waals surface area (Å²) in [6, 6.07) is 0. The average molecular weight is 269 g/mol. The Morgan fingerprint density at radius 2 is 1.94 bits per heavy atom. The van der Waals surface area contributed by atoms with Crippen molar-refractivity contribution in [2.75, 3.05) is 26.7 Å². The molecule has 0 radical (unpaired) electrons. The maximum absolute atomic E-state index is 12.0. The monoisotopic (exact) mass is 269 g/mol. The topological polar surface area (TPSA) is 53.5 Å². The van der Waals surface area contributed by atoms with Crippen molar-refractivity contribution in [3.8, 4) is 0 Å². The third-order valence-electron chi connectivity index (χ3n) is 2.67. The fraction of sp³-hybridized carbons (Fsp3) is 0.583. The van der Waals surface area contributed by atoms with Crippen molar-refractivity contribution in [3.05, 3.63) is 16.1 Å². The van der Waals surface area contributed by atoms with E-state index in [0.717, 1.165) is 5.01 Å². The minimum atomic E-state index is -0.208. The maximum Gasteiger partial charge on any atom is 0.273 e. The highest BCUT2D eigenvalue weighted by molar-refractivity contribution is 7.09. The Balaban J connectivity index is 2.63. The van der Waals surface area contributed by atoms with Crippen LogP contribution in [-0.4, -0.2) is 53.3 Å². The second kappa shape index (κ2) is 6.49. The summed E-state index contributed by atoms with van der Waals surface area (Å²) in [7, 11) is 1.62. The number of carbonyl (C=O) groups excluding carboxylic acids is 2. The van der Waals surface area contributed by atoms with Crippen LogP contribution in [0.4, 0.5) is 0 Å². The van der Waals surface area contributed by atoms with Gasteiger partial charge in [-0.3, -0.25) is 9.59 Å². The minimum absolute atomic E-state index is 0.0391. The highest BCUT2D eigenvalue weighted by Crippen LogP contribution is 2.10. The first-order chi connectivity index (χ1) is 8.49. The van der Waals surface area contributed by atoms with Gasteiger partial charge in [0.05, 0.1) is 11.6 Å². The number of hydrogen-bond acceptors (Lipinski definition) is 4. The molecule has 0 aliphatic heterocycles. The number of aromatic nitrogens is 1. The molecule has 1 aromatic rings. The van der Waals surface area contributed by atoms with Gasteiger partial charge in [-0.2, -0.15) is 0 Å². The summed E-state index contributed by atoms with van der Waals surface area (Å²) in [6.45, 7) is 7.11. The van der Waals surface area contributed by atoms with Gasteiger partial charge in [0.1, 0.15) is 5.69 Å². The van der Waals surface area contributed by atoms with Crippen LogP contribution in [0.25, 0.3) is 0 Å². The van der Waals surface area contributed by atoms with Gasteiger partial charge in [-0.25, -0.2) is 4.98 Å². The molecular formula is C12H19N3O2S. The van der Waals surface area contributed by atoms with Crippen molar-refractivity contribution in [2.45, 2.75) is 20.8 Å². The number of nitrogens with zero attached hydrogens (tertiary/aromatic N) is 3. The van der Waals surface area contributed by atoms with E-state index in [1.165, 1.54) is 16.2 Å². The number of aryl methyl sites for hydroxylation is 1. The summed E-state index contributed by atoms with van der Waals surface area (Å²) in [5.74, 6) is -0.248. The lowest BCUT2D eigenvalue weighted by molar-refractivity contribution is -0.131. The molecule has 0 aliphatic rings. The zero-order valence-electron chi connectivity index (χ0n) is 11.3. The molecule has 0 aromatic carbocycles. The van der Waals surface area contributed by atoms with E-state index in [0.29, 0.717) is 18.8 Å². The van der Waals surface area contributed by atoms with E-state index in [1.807, 2.05) is 20.8 Å². The Labute approximate surface area is 111 Å². The zero-order chi connectivity index (χ0) is 13.7. The maximum atomic E-state index is 12.0. The lowest BCUT2D eigenvalue weighted by atomic mass is 10.3. The van der Waals surface area contributed by atoms with Gasteiger partial charge in [-0.05, 0) is 20.8 Å². The van der Waals surface area contributed by atoms with Crippen molar-refractivity contribution in [3.63, 3.8) is 0 Å². The summed E-state index contributed by atoms with van der Waals surface area (Å²) in [5, 5.41) is 2.57. The zero-order valence-corrected chi connectivity index (χ0v) is 12.1. The third-order valence-corrected chi connectivity index (χ3v) is 3.45. The molecule has 1 aromatic heterocycles. The first kappa shape index (κ1) is 14.6. The van der Waals surface area contributed by atoms with Crippen LogP contribution in [0.2, 0.25) is 0 Å². The molecule has 1 heterocycles. The third kappa shape index (κ3) is 3.53. The molecular weight excluding hydrogens is 250 g/mol. The highest BCUT2D eigenvalue weighted by Gasteiger charge is 2.19. The molecule has 0 aliphatic carbocycles. The molecule has 0 N–H and O–H groups in total. The van der Waals surface area contributed by atoms with Gasteiger partial charge in [0, 0.05) is 25.5 Å². The number of rotatable bonds is 5. The Morgan fingerprint density at radius 1 is 1.33 bits per heavy atom. The van der Waals surface area contributed by atoms with Crippen molar-refractivity contribution >= 4 is 23.2 Å².